The van der Waals surface area contributed by atoms with Crippen LogP contribution in [0.2, 0.25) is 5.02 Å². The Kier molecular flexibility index (Phi) is 4.21. The van der Waals surface area contributed by atoms with Gasteiger partial charge in [-0.2, -0.15) is 0 Å². The summed E-state index contributed by atoms with van der Waals surface area (Å²) < 4.78 is 0. The molecular weight excluding hydrogens is 224 g/mol. The van der Waals surface area contributed by atoms with E-state index in [-0.39, 0.29) is 12.5 Å². The highest BCUT2D eigenvalue weighted by Crippen LogP contribution is 2.19. The van der Waals surface area contributed by atoms with E-state index in [9.17, 15) is 4.79 Å². The lowest BCUT2D eigenvalue weighted by Crippen LogP contribution is -2.31. The fourth-order valence-electron chi connectivity index (χ4n) is 1.32. The second-order valence-electron chi connectivity index (χ2n) is 3.26. The van der Waals surface area contributed by atoms with Crippen molar-refractivity contribution in [3.05, 3.63) is 28.8 Å². The number of hydrogen-bond acceptors (Lipinski definition) is 2. The number of carbonyl (C=O) groups is 1. The fourth-order valence-corrected chi connectivity index (χ4v) is 1.49. The summed E-state index contributed by atoms with van der Waals surface area (Å²) in [6.45, 7) is 2.66. The van der Waals surface area contributed by atoms with Gasteiger partial charge in [-0.15, -0.1) is 6.42 Å². The maximum atomic E-state index is 12.0. The molecule has 0 saturated carbocycles. The number of rotatable bonds is 3. The van der Waals surface area contributed by atoms with Gasteiger partial charge in [-0.25, -0.2) is 0 Å². The molecule has 0 radical (unpaired) electrons. The first-order chi connectivity index (χ1) is 7.60. The van der Waals surface area contributed by atoms with Crippen LogP contribution in [0.25, 0.3) is 0 Å². The first-order valence-corrected chi connectivity index (χ1v) is 5.25. The average Bonchev–Trinajstić information content (AvgIpc) is 2.28. The van der Waals surface area contributed by atoms with Crippen LogP contribution in [0.4, 0.5) is 5.69 Å². The molecule has 0 heterocycles. The lowest BCUT2D eigenvalue weighted by Gasteiger charge is -2.18. The van der Waals surface area contributed by atoms with E-state index in [4.69, 9.17) is 23.8 Å². The molecule has 0 atom stereocenters. The van der Waals surface area contributed by atoms with Gasteiger partial charge in [-0.05, 0) is 25.1 Å². The summed E-state index contributed by atoms with van der Waals surface area (Å²) >= 11 is 5.82. The molecule has 3 nitrogen and oxygen atoms in total. The van der Waals surface area contributed by atoms with Gasteiger partial charge in [0.2, 0.25) is 0 Å². The van der Waals surface area contributed by atoms with Gasteiger partial charge in [-0.1, -0.05) is 17.5 Å². The monoisotopic (exact) mass is 236 g/mol. The molecule has 2 N–H and O–H groups in total. The van der Waals surface area contributed by atoms with Crippen molar-refractivity contribution in [1.29, 1.82) is 0 Å². The SMILES string of the molecule is C#CCN(CC)C(=O)c1cc(Cl)ccc1N. The topological polar surface area (TPSA) is 46.3 Å². The highest BCUT2D eigenvalue weighted by atomic mass is 35.5. The molecule has 16 heavy (non-hydrogen) atoms. The van der Waals surface area contributed by atoms with Gasteiger partial charge in [0.15, 0.2) is 0 Å². The van der Waals surface area contributed by atoms with Crippen LogP contribution in [0.15, 0.2) is 18.2 Å². The summed E-state index contributed by atoms with van der Waals surface area (Å²) in [7, 11) is 0. The Balaban J connectivity index is 3.03. The zero-order valence-electron chi connectivity index (χ0n) is 9.03. The van der Waals surface area contributed by atoms with Crippen LogP contribution in [0.5, 0.6) is 0 Å². The van der Waals surface area contributed by atoms with Crippen molar-refractivity contribution in [2.24, 2.45) is 0 Å². The second kappa shape index (κ2) is 5.43. The molecular formula is C12H13ClN2O. The highest BCUT2D eigenvalue weighted by Gasteiger charge is 2.16. The number of terminal acetylenes is 1. The molecule has 1 aromatic rings. The third kappa shape index (κ3) is 2.68. The van der Waals surface area contributed by atoms with Crippen LogP contribution < -0.4 is 5.73 Å². The molecule has 0 aliphatic heterocycles. The quantitative estimate of drug-likeness (QED) is 0.645. The number of anilines is 1. The zero-order chi connectivity index (χ0) is 12.1. The Morgan fingerprint density at radius 3 is 2.88 bits per heavy atom. The van der Waals surface area contributed by atoms with Gasteiger partial charge in [0.25, 0.3) is 5.91 Å². The van der Waals surface area contributed by atoms with Crippen molar-refractivity contribution in [2.45, 2.75) is 6.92 Å². The van der Waals surface area contributed by atoms with Gasteiger partial charge in [0.1, 0.15) is 0 Å². The molecule has 0 aromatic heterocycles. The highest BCUT2D eigenvalue weighted by molar-refractivity contribution is 6.31. The lowest BCUT2D eigenvalue weighted by molar-refractivity contribution is 0.0786. The third-order valence-electron chi connectivity index (χ3n) is 2.20. The maximum Gasteiger partial charge on any atom is 0.256 e. The molecule has 0 aliphatic carbocycles. The van der Waals surface area contributed by atoms with E-state index >= 15 is 0 Å². The minimum absolute atomic E-state index is 0.194. The van der Waals surface area contributed by atoms with Gasteiger partial charge in [0, 0.05) is 17.3 Å². The fraction of sp³-hybridized carbons (Fsp3) is 0.250. The van der Waals surface area contributed by atoms with Crippen LogP contribution in [-0.2, 0) is 0 Å². The molecule has 0 saturated heterocycles. The van der Waals surface area contributed by atoms with Crippen molar-refractivity contribution in [1.82, 2.24) is 4.90 Å². The van der Waals surface area contributed by atoms with Crippen molar-refractivity contribution in [2.75, 3.05) is 18.8 Å². The molecule has 0 spiro atoms. The predicted octanol–water partition coefficient (Wildman–Crippen LogP) is 2.02. The van der Waals surface area contributed by atoms with E-state index < -0.39 is 0 Å². The van der Waals surface area contributed by atoms with Gasteiger partial charge >= 0.3 is 0 Å². The number of nitrogens with zero attached hydrogens (tertiary/aromatic N) is 1. The van der Waals surface area contributed by atoms with Crippen LogP contribution in [0, 0.1) is 12.3 Å². The average molecular weight is 237 g/mol. The van der Waals surface area contributed by atoms with Crippen LogP contribution in [-0.4, -0.2) is 23.9 Å². The summed E-state index contributed by atoms with van der Waals surface area (Å²) in [4.78, 5) is 13.6. The number of hydrogen-bond donors (Lipinski definition) is 1. The number of nitrogens with two attached hydrogens (primary N) is 1. The summed E-state index contributed by atoms with van der Waals surface area (Å²) in [5.41, 5.74) is 6.52. The van der Waals surface area contributed by atoms with Crippen molar-refractivity contribution >= 4 is 23.2 Å². The maximum absolute atomic E-state index is 12.0. The summed E-state index contributed by atoms with van der Waals surface area (Å²) in [5, 5.41) is 0.481. The Bertz CT molecular complexity index is 437. The normalized spacial score (nSPS) is 9.56. The Morgan fingerprint density at radius 1 is 1.62 bits per heavy atom. The summed E-state index contributed by atoms with van der Waals surface area (Å²) in [6.07, 6.45) is 5.19. The minimum Gasteiger partial charge on any atom is -0.398 e. The van der Waals surface area contributed by atoms with Crippen LogP contribution in [0.1, 0.15) is 17.3 Å². The minimum atomic E-state index is -0.194. The van der Waals surface area contributed by atoms with Gasteiger partial charge in [0.05, 0.1) is 12.1 Å². The number of nitrogen functional groups attached to an aromatic ring is 1. The van der Waals surface area contributed by atoms with Gasteiger partial charge in [-0.3, -0.25) is 4.79 Å². The van der Waals surface area contributed by atoms with Crippen LogP contribution >= 0.6 is 11.6 Å². The largest absolute Gasteiger partial charge is 0.398 e. The zero-order valence-corrected chi connectivity index (χ0v) is 9.79. The predicted molar refractivity (Wildman–Crippen MR) is 66.3 cm³/mol. The van der Waals surface area contributed by atoms with E-state index in [0.717, 1.165) is 0 Å². The Labute approximate surface area is 100 Å². The first-order valence-electron chi connectivity index (χ1n) is 4.88. The van der Waals surface area contributed by atoms with E-state index in [2.05, 4.69) is 5.92 Å². The molecule has 4 heteroatoms. The van der Waals surface area contributed by atoms with Crippen molar-refractivity contribution in [3.8, 4) is 12.3 Å². The number of carbonyl (C=O) groups excluding carboxylic acids is 1. The van der Waals surface area contributed by atoms with E-state index in [1.165, 1.54) is 4.90 Å². The Hall–Kier alpha value is -1.66. The standard InChI is InChI=1S/C12H13ClN2O/c1-3-7-15(4-2)12(16)10-8-9(13)5-6-11(10)14/h1,5-6,8H,4,7,14H2,2H3. The number of amides is 1. The van der Waals surface area contributed by atoms with E-state index in [1.54, 1.807) is 18.2 Å². The number of benzene rings is 1. The summed E-state index contributed by atoms with van der Waals surface area (Å²) in [5.74, 6) is 2.24. The van der Waals surface area contributed by atoms with Crippen molar-refractivity contribution < 1.29 is 4.79 Å². The van der Waals surface area contributed by atoms with Gasteiger partial charge < -0.3 is 10.6 Å². The molecule has 1 amide bonds. The molecule has 1 aromatic carbocycles. The molecule has 1 rings (SSSR count). The second-order valence-corrected chi connectivity index (χ2v) is 3.69. The molecule has 0 bridgehead atoms. The smallest absolute Gasteiger partial charge is 0.256 e. The van der Waals surface area contributed by atoms with E-state index in [0.29, 0.717) is 22.8 Å². The number of halogens is 1. The van der Waals surface area contributed by atoms with Crippen molar-refractivity contribution in [3.63, 3.8) is 0 Å². The Morgan fingerprint density at radius 2 is 2.31 bits per heavy atom. The van der Waals surface area contributed by atoms with Crippen LogP contribution in [0.3, 0.4) is 0 Å². The molecule has 0 unspecified atom stereocenters. The molecule has 0 aliphatic rings. The molecule has 84 valence electrons. The van der Waals surface area contributed by atoms with E-state index in [1.807, 2.05) is 6.92 Å². The first kappa shape index (κ1) is 12.4. The molecule has 0 fully saturated rings. The summed E-state index contributed by atoms with van der Waals surface area (Å²) in [6, 6.07) is 4.81. The lowest BCUT2D eigenvalue weighted by atomic mass is 10.1. The third-order valence-corrected chi connectivity index (χ3v) is 2.43.